The molecule has 0 aromatic heterocycles. The van der Waals surface area contributed by atoms with Gasteiger partial charge in [0.1, 0.15) is 0 Å². The number of amides is 2. The van der Waals surface area contributed by atoms with E-state index in [1.54, 1.807) is 24.3 Å². The fraction of sp³-hybridized carbons (Fsp3) is 0.423. The number of carbonyl (C=O) groups excluding carboxylic acids is 2. The van der Waals surface area contributed by atoms with Crippen LogP contribution >= 0.6 is 0 Å². The predicted octanol–water partition coefficient (Wildman–Crippen LogP) is 3.24. The highest BCUT2D eigenvalue weighted by atomic mass is 16.5. The van der Waals surface area contributed by atoms with Gasteiger partial charge < -0.3 is 33.9 Å². The fourth-order valence-corrected chi connectivity index (χ4v) is 4.39. The van der Waals surface area contributed by atoms with Crippen LogP contribution < -0.4 is 29.0 Å². The summed E-state index contributed by atoms with van der Waals surface area (Å²) in [6.07, 6.45) is 4.29. The van der Waals surface area contributed by atoms with E-state index in [0.717, 1.165) is 19.4 Å². The summed E-state index contributed by atoms with van der Waals surface area (Å²) in [5.74, 6) is 1.89. The van der Waals surface area contributed by atoms with Gasteiger partial charge in [-0.3, -0.25) is 14.6 Å². The number of methoxy groups -OCH3 is 4. The van der Waals surface area contributed by atoms with E-state index in [-0.39, 0.29) is 17.9 Å². The zero-order valence-corrected chi connectivity index (χ0v) is 21.0. The van der Waals surface area contributed by atoms with E-state index in [9.17, 15) is 9.59 Å². The van der Waals surface area contributed by atoms with Crippen molar-refractivity contribution in [2.45, 2.75) is 25.3 Å². The Bertz CT molecular complexity index is 1140. The van der Waals surface area contributed by atoms with Crippen LogP contribution in [0.2, 0.25) is 0 Å². The molecule has 0 spiro atoms. The van der Waals surface area contributed by atoms with Crippen LogP contribution in [0, 0.1) is 0 Å². The zero-order valence-electron chi connectivity index (χ0n) is 21.0. The summed E-state index contributed by atoms with van der Waals surface area (Å²) in [7, 11) is 6.04. The molecule has 4 rings (SSSR count). The minimum Gasteiger partial charge on any atom is -0.493 e. The van der Waals surface area contributed by atoms with Crippen molar-refractivity contribution in [3.63, 3.8) is 0 Å². The van der Waals surface area contributed by atoms with Gasteiger partial charge in [0.15, 0.2) is 23.0 Å². The molecular formula is C26H31N3O7. The van der Waals surface area contributed by atoms with Crippen LogP contribution in [-0.2, 0) is 0 Å². The predicted molar refractivity (Wildman–Crippen MR) is 134 cm³/mol. The third-order valence-corrected chi connectivity index (χ3v) is 6.25. The first-order chi connectivity index (χ1) is 17.5. The Balaban J connectivity index is 1.36. The molecule has 1 fully saturated rings. The lowest BCUT2D eigenvalue weighted by Crippen LogP contribution is -2.35. The van der Waals surface area contributed by atoms with E-state index in [2.05, 4.69) is 10.3 Å². The quantitative estimate of drug-likeness (QED) is 0.502. The Morgan fingerprint density at radius 1 is 1.00 bits per heavy atom. The van der Waals surface area contributed by atoms with Crippen molar-refractivity contribution in [3.05, 3.63) is 35.4 Å². The summed E-state index contributed by atoms with van der Waals surface area (Å²) in [5.41, 5.74) is 1.47. The van der Waals surface area contributed by atoms with Gasteiger partial charge in [0.2, 0.25) is 5.75 Å². The second kappa shape index (κ2) is 11.2. The van der Waals surface area contributed by atoms with E-state index in [1.165, 1.54) is 28.4 Å². The van der Waals surface area contributed by atoms with Crippen molar-refractivity contribution in [1.82, 2.24) is 10.2 Å². The van der Waals surface area contributed by atoms with Crippen molar-refractivity contribution >= 4 is 23.7 Å². The molecule has 2 heterocycles. The Labute approximate surface area is 210 Å². The molecule has 1 atom stereocenters. The standard InChI is InChI=1S/C26H31N3O7/c1-32-20-13-18-19(28-15-17-7-5-9-29(17)26(18)31)14-21(20)36-10-6-8-27-25(30)16-11-22(33-2)24(35-4)23(12-16)34-3/h11-15,17H,5-10H2,1-4H3,(H,27,30)/t17-/m0/s1. The van der Waals surface area contributed by atoms with Gasteiger partial charge in [0.25, 0.3) is 11.8 Å². The number of aliphatic imine (C=N–C) groups is 1. The van der Waals surface area contributed by atoms with Gasteiger partial charge >= 0.3 is 0 Å². The smallest absolute Gasteiger partial charge is 0.256 e. The van der Waals surface area contributed by atoms with Crippen molar-refractivity contribution in [1.29, 1.82) is 0 Å². The minimum absolute atomic E-state index is 0.0366. The summed E-state index contributed by atoms with van der Waals surface area (Å²) in [6.45, 7) is 1.45. The number of nitrogens with zero attached hydrogens (tertiary/aromatic N) is 2. The first kappa shape index (κ1) is 25.2. The van der Waals surface area contributed by atoms with Gasteiger partial charge in [-0.15, -0.1) is 0 Å². The molecule has 10 nitrogen and oxygen atoms in total. The molecule has 1 N–H and O–H groups in total. The number of rotatable bonds is 10. The molecule has 2 aliphatic rings. The molecule has 2 aromatic carbocycles. The number of ether oxygens (including phenoxy) is 5. The molecule has 2 aliphatic heterocycles. The Kier molecular flexibility index (Phi) is 7.82. The number of carbonyl (C=O) groups is 2. The topological polar surface area (TPSA) is 108 Å². The van der Waals surface area contributed by atoms with E-state index in [4.69, 9.17) is 23.7 Å². The average molecular weight is 498 g/mol. The van der Waals surface area contributed by atoms with Gasteiger partial charge in [-0.05, 0) is 37.5 Å². The van der Waals surface area contributed by atoms with Crippen LogP contribution in [0.25, 0.3) is 0 Å². The monoisotopic (exact) mass is 497 g/mol. The summed E-state index contributed by atoms with van der Waals surface area (Å²) in [5, 5.41) is 2.86. The molecule has 2 amide bonds. The lowest BCUT2D eigenvalue weighted by atomic mass is 10.1. The SMILES string of the molecule is COc1cc2c(cc1OCCCNC(=O)c1cc(OC)c(OC)c(OC)c1)N=C[C@@H]1CCCN1C2=O. The van der Waals surface area contributed by atoms with E-state index >= 15 is 0 Å². The minimum atomic E-state index is -0.273. The lowest BCUT2D eigenvalue weighted by molar-refractivity contribution is 0.0774. The number of hydrogen-bond donors (Lipinski definition) is 1. The highest BCUT2D eigenvalue weighted by Gasteiger charge is 2.32. The molecule has 10 heteroatoms. The summed E-state index contributed by atoms with van der Waals surface area (Å²) in [4.78, 5) is 32.0. The van der Waals surface area contributed by atoms with Crippen LogP contribution in [-0.4, -0.2) is 77.1 Å². The third-order valence-electron chi connectivity index (χ3n) is 6.25. The first-order valence-corrected chi connectivity index (χ1v) is 11.8. The number of nitrogens with one attached hydrogen (secondary N) is 1. The van der Waals surface area contributed by atoms with Crippen molar-refractivity contribution < 1.29 is 33.3 Å². The molecule has 0 saturated carbocycles. The fourth-order valence-electron chi connectivity index (χ4n) is 4.39. The summed E-state index contributed by atoms with van der Waals surface area (Å²) < 4.78 is 27.3. The van der Waals surface area contributed by atoms with Crippen LogP contribution in [0.4, 0.5) is 5.69 Å². The maximum Gasteiger partial charge on any atom is 0.256 e. The highest BCUT2D eigenvalue weighted by molar-refractivity contribution is 6.03. The molecule has 1 saturated heterocycles. The number of fused-ring (bicyclic) bond motifs is 2. The average Bonchev–Trinajstić information content (AvgIpc) is 3.34. The van der Waals surface area contributed by atoms with Crippen LogP contribution in [0.5, 0.6) is 28.7 Å². The molecule has 192 valence electrons. The lowest BCUT2D eigenvalue weighted by Gasteiger charge is -2.20. The second-order valence-electron chi connectivity index (χ2n) is 8.38. The summed E-state index contributed by atoms with van der Waals surface area (Å²) in [6, 6.07) is 6.66. The molecule has 36 heavy (non-hydrogen) atoms. The maximum absolute atomic E-state index is 13.0. The highest BCUT2D eigenvalue weighted by Crippen LogP contribution is 2.39. The second-order valence-corrected chi connectivity index (χ2v) is 8.38. The Hall–Kier alpha value is -3.95. The van der Waals surface area contributed by atoms with Crippen LogP contribution in [0.3, 0.4) is 0 Å². The van der Waals surface area contributed by atoms with Gasteiger partial charge in [0.05, 0.1) is 52.3 Å². The van der Waals surface area contributed by atoms with E-state index in [1.807, 2.05) is 11.1 Å². The Morgan fingerprint density at radius 3 is 2.39 bits per heavy atom. The summed E-state index contributed by atoms with van der Waals surface area (Å²) >= 11 is 0. The molecule has 0 unspecified atom stereocenters. The first-order valence-electron chi connectivity index (χ1n) is 11.8. The van der Waals surface area contributed by atoms with Crippen LogP contribution in [0.15, 0.2) is 29.3 Å². The van der Waals surface area contributed by atoms with Crippen LogP contribution in [0.1, 0.15) is 40.0 Å². The van der Waals surface area contributed by atoms with Crippen molar-refractivity contribution in [2.75, 3.05) is 48.1 Å². The van der Waals surface area contributed by atoms with Gasteiger partial charge in [-0.1, -0.05) is 0 Å². The largest absolute Gasteiger partial charge is 0.493 e. The van der Waals surface area contributed by atoms with E-state index < -0.39 is 0 Å². The number of benzene rings is 2. The molecule has 0 aliphatic carbocycles. The van der Waals surface area contributed by atoms with E-state index in [0.29, 0.717) is 65.1 Å². The molecule has 0 bridgehead atoms. The molecular weight excluding hydrogens is 466 g/mol. The van der Waals surface area contributed by atoms with Crippen molar-refractivity contribution in [2.24, 2.45) is 4.99 Å². The molecule has 2 aromatic rings. The molecule has 0 radical (unpaired) electrons. The normalized spacial score (nSPS) is 16.1. The Morgan fingerprint density at radius 2 is 1.72 bits per heavy atom. The van der Waals surface area contributed by atoms with Gasteiger partial charge in [-0.2, -0.15) is 0 Å². The zero-order chi connectivity index (χ0) is 25.7. The van der Waals surface area contributed by atoms with Gasteiger partial charge in [0, 0.05) is 30.9 Å². The third kappa shape index (κ3) is 5.02. The number of hydrogen-bond acceptors (Lipinski definition) is 8. The van der Waals surface area contributed by atoms with Gasteiger partial charge in [-0.25, -0.2) is 0 Å². The maximum atomic E-state index is 13.0. The van der Waals surface area contributed by atoms with Crippen molar-refractivity contribution in [3.8, 4) is 28.7 Å².